The largest absolute Gasteiger partial charge is 0.316 e. The van der Waals surface area contributed by atoms with Gasteiger partial charge in [-0.15, -0.1) is 11.3 Å². The van der Waals surface area contributed by atoms with Gasteiger partial charge in [0.05, 0.1) is 0 Å². The number of piperidine rings is 1. The summed E-state index contributed by atoms with van der Waals surface area (Å²) in [6.07, 6.45) is 1.99. The summed E-state index contributed by atoms with van der Waals surface area (Å²) < 4.78 is 15.0. The smallest absolute Gasteiger partial charge is 0.109 e. The summed E-state index contributed by atoms with van der Waals surface area (Å²) in [4.78, 5) is 1.13. The molecule has 2 heterocycles. The molecule has 2 unspecified atom stereocenters. The summed E-state index contributed by atoms with van der Waals surface area (Å²) in [5, 5.41) is 5.27. The van der Waals surface area contributed by atoms with Crippen molar-refractivity contribution in [2.75, 3.05) is 13.1 Å². The van der Waals surface area contributed by atoms with E-state index in [1.165, 1.54) is 0 Å². The molecule has 0 spiro atoms. The van der Waals surface area contributed by atoms with Gasteiger partial charge in [0, 0.05) is 28.2 Å². The zero-order valence-corrected chi connectivity index (χ0v) is 10.9. The van der Waals surface area contributed by atoms with E-state index in [0.29, 0.717) is 6.42 Å². The van der Waals surface area contributed by atoms with Gasteiger partial charge in [-0.1, -0.05) is 0 Å². The molecule has 1 aromatic rings. The highest BCUT2D eigenvalue weighted by molar-refractivity contribution is 9.10. The predicted octanol–water partition coefficient (Wildman–Crippen LogP) is 3.39. The molecule has 1 aliphatic rings. The van der Waals surface area contributed by atoms with Crippen molar-refractivity contribution >= 4 is 27.3 Å². The second-order valence-corrected chi connectivity index (χ2v) is 5.87. The zero-order valence-electron chi connectivity index (χ0n) is 8.51. The van der Waals surface area contributed by atoms with Crippen LogP contribution in [0.3, 0.4) is 0 Å². The molecule has 0 aromatic carbocycles. The van der Waals surface area contributed by atoms with E-state index in [1.807, 2.05) is 11.4 Å². The van der Waals surface area contributed by atoms with Crippen LogP contribution in [0.2, 0.25) is 0 Å². The first-order chi connectivity index (χ1) is 7.27. The Morgan fingerprint density at radius 1 is 1.67 bits per heavy atom. The molecular formula is C11H15BrFNS. The van der Waals surface area contributed by atoms with Crippen molar-refractivity contribution in [3.8, 4) is 0 Å². The van der Waals surface area contributed by atoms with E-state index in [0.717, 1.165) is 35.3 Å². The lowest BCUT2D eigenvalue weighted by molar-refractivity contribution is 0.192. The average Bonchev–Trinajstić information content (AvgIpc) is 2.66. The van der Waals surface area contributed by atoms with Gasteiger partial charge in [-0.3, -0.25) is 0 Å². The molecule has 4 heteroatoms. The van der Waals surface area contributed by atoms with Crippen molar-refractivity contribution in [1.82, 2.24) is 5.32 Å². The lowest BCUT2D eigenvalue weighted by atomic mass is 9.92. The molecular weight excluding hydrogens is 277 g/mol. The molecule has 2 rings (SSSR count). The molecule has 1 aliphatic heterocycles. The summed E-state index contributed by atoms with van der Waals surface area (Å²) >= 11 is 5.08. The zero-order chi connectivity index (χ0) is 10.7. The minimum Gasteiger partial charge on any atom is -0.316 e. The van der Waals surface area contributed by atoms with Gasteiger partial charge in [0.2, 0.25) is 0 Å². The van der Waals surface area contributed by atoms with Crippen LogP contribution < -0.4 is 5.32 Å². The molecule has 84 valence electrons. The molecule has 0 aliphatic carbocycles. The molecule has 1 N–H and O–H groups in total. The van der Waals surface area contributed by atoms with Crippen LogP contribution in [0.1, 0.15) is 17.7 Å². The van der Waals surface area contributed by atoms with Crippen molar-refractivity contribution in [3.05, 3.63) is 20.8 Å². The van der Waals surface area contributed by atoms with Crippen LogP contribution in [0, 0.1) is 5.92 Å². The van der Waals surface area contributed by atoms with E-state index in [2.05, 4.69) is 21.2 Å². The van der Waals surface area contributed by atoms with Gasteiger partial charge in [-0.25, -0.2) is 4.39 Å². The Morgan fingerprint density at radius 3 is 3.13 bits per heavy atom. The van der Waals surface area contributed by atoms with Crippen LogP contribution in [0.4, 0.5) is 4.39 Å². The van der Waals surface area contributed by atoms with Crippen LogP contribution in [0.5, 0.6) is 0 Å². The average molecular weight is 292 g/mol. The van der Waals surface area contributed by atoms with Crippen LogP contribution in [0.25, 0.3) is 0 Å². The van der Waals surface area contributed by atoms with Crippen molar-refractivity contribution in [2.45, 2.75) is 25.4 Å². The Kier molecular flexibility index (Phi) is 4.17. The molecule has 0 radical (unpaired) electrons. The third-order valence-corrected chi connectivity index (χ3v) is 4.87. The summed E-state index contributed by atoms with van der Waals surface area (Å²) in [6, 6.07) is 1.99. The SMILES string of the molecule is FC(Cc1sccc1Br)C1CCCNC1. The number of thiophene rings is 1. The molecule has 0 amide bonds. The molecule has 0 bridgehead atoms. The highest BCUT2D eigenvalue weighted by atomic mass is 79.9. The minimum atomic E-state index is -0.701. The topological polar surface area (TPSA) is 12.0 Å². The van der Waals surface area contributed by atoms with E-state index in [1.54, 1.807) is 11.3 Å². The lowest BCUT2D eigenvalue weighted by Crippen LogP contribution is -2.35. The van der Waals surface area contributed by atoms with Gasteiger partial charge in [0.25, 0.3) is 0 Å². The number of hydrogen-bond donors (Lipinski definition) is 1. The normalized spacial score (nSPS) is 24.0. The Morgan fingerprint density at radius 2 is 2.53 bits per heavy atom. The second-order valence-electron chi connectivity index (χ2n) is 4.02. The highest BCUT2D eigenvalue weighted by Gasteiger charge is 2.24. The summed E-state index contributed by atoms with van der Waals surface area (Å²) in [5.41, 5.74) is 0. The monoisotopic (exact) mass is 291 g/mol. The van der Waals surface area contributed by atoms with Gasteiger partial charge in [-0.05, 0) is 46.8 Å². The molecule has 1 aromatic heterocycles. The Bertz CT molecular complexity index is 309. The van der Waals surface area contributed by atoms with E-state index in [4.69, 9.17) is 0 Å². The van der Waals surface area contributed by atoms with Gasteiger partial charge >= 0.3 is 0 Å². The van der Waals surface area contributed by atoms with Gasteiger partial charge in [0.1, 0.15) is 6.17 Å². The fourth-order valence-corrected chi connectivity index (χ4v) is 3.56. The third kappa shape index (κ3) is 3.02. The Labute approximate surface area is 102 Å². The van der Waals surface area contributed by atoms with Crippen molar-refractivity contribution < 1.29 is 4.39 Å². The van der Waals surface area contributed by atoms with Gasteiger partial charge < -0.3 is 5.32 Å². The van der Waals surface area contributed by atoms with E-state index < -0.39 is 6.17 Å². The summed E-state index contributed by atoms with van der Waals surface area (Å²) in [7, 11) is 0. The Hall–Kier alpha value is 0.0700. The molecule has 1 fully saturated rings. The van der Waals surface area contributed by atoms with Crippen molar-refractivity contribution in [2.24, 2.45) is 5.92 Å². The molecule has 2 atom stereocenters. The summed E-state index contributed by atoms with van der Waals surface area (Å²) in [5.74, 6) is 0.202. The number of hydrogen-bond acceptors (Lipinski definition) is 2. The second kappa shape index (κ2) is 5.41. The predicted molar refractivity (Wildman–Crippen MR) is 66.2 cm³/mol. The van der Waals surface area contributed by atoms with Crippen molar-refractivity contribution in [1.29, 1.82) is 0 Å². The Balaban J connectivity index is 1.91. The van der Waals surface area contributed by atoms with E-state index >= 15 is 0 Å². The maximum absolute atomic E-state index is 14.0. The molecule has 1 saturated heterocycles. The van der Waals surface area contributed by atoms with Crippen LogP contribution in [-0.4, -0.2) is 19.3 Å². The number of nitrogens with one attached hydrogen (secondary N) is 1. The van der Waals surface area contributed by atoms with Crippen LogP contribution in [-0.2, 0) is 6.42 Å². The maximum atomic E-state index is 14.0. The number of halogens is 2. The number of rotatable bonds is 3. The highest BCUT2D eigenvalue weighted by Crippen LogP contribution is 2.28. The van der Waals surface area contributed by atoms with Crippen molar-refractivity contribution in [3.63, 3.8) is 0 Å². The first-order valence-corrected chi connectivity index (χ1v) is 7.01. The maximum Gasteiger partial charge on any atom is 0.109 e. The third-order valence-electron chi connectivity index (χ3n) is 2.92. The minimum absolute atomic E-state index is 0.202. The molecule has 0 saturated carbocycles. The standard InChI is InChI=1S/C11H15BrFNS/c12-9-3-5-15-11(9)6-10(13)8-2-1-4-14-7-8/h3,5,8,10,14H,1-2,4,6-7H2. The van der Waals surface area contributed by atoms with E-state index in [9.17, 15) is 4.39 Å². The lowest BCUT2D eigenvalue weighted by Gasteiger charge is -2.25. The van der Waals surface area contributed by atoms with Crippen LogP contribution >= 0.6 is 27.3 Å². The van der Waals surface area contributed by atoms with Crippen LogP contribution in [0.15, 0.2) is 15.9 Å². The van der Waals surface area contributed by atoms with Gasteiger partial charge in [-0.2, -0.15) is 0 Å². The fraction of sp³-hybridized carbons (Fsp3) is 0.636. The quantitative estimate of drug-likeness (QED) is 0.900. The first kappa shape index (κ1) is 11.6. The van der Waals surface area contributed by atoms with E-state index in [-0.39, 0.29) is 5.92 Å². The first-order valence-electron chi connectivity index (χ1n) is 5.34. The van der Waals surface area contributed by atoms with Gasteiger partial charge in [0.15, 0.2) is 0 Å². The number of alkyl halides is 1. The fourth-order valence-electron chi connectivity index (χ4n) is 2.00. The molecule has 1 nitrogen and oxygen atoms in total. The molecule has 15 heavy (non-hydrogen) atoms. The summed E-state index contributed by atoms with van der Waals surface area (Å²) in [6.45, 7) is 1.88.